The average Bonchev–Trinajstić information content (AvgIpc) is 2.23. The van der Waals surface area contributed by atoms with Crippen LogP contribution in [0.1, 0.15) is 20.3 Å². The third-order valence-electron chi connectivity index (χ3n) is 1.85. The van der Waals surface area contributed by atoms with Gasteiger partial charge in [-0.15, -0.1) is 0 Å². The SMILES string of the molecule is CCOC(=O)C([NH3+])CSSCC([NH3+])CC. The lowest BCUT2D eigenvalue weighted by Gasteiger charge is -2.07. The van der Waals surface area contributed by atoms with Gasteiger partial charge in [-0.3, -0.25) is 0 Å². The van der Waals surface area contributed by atoms with Crippen molar-refractivity contribution in [3.05, 3.63) is 0 Å². The third kappa shape index (κ3) is 7.96. The smallest absolute Gasteiger partial charge is 0.365 e. The van der Waals surface area contributed by atoms with Gasteiger partial charge in [-0.1, -0.05) is 28.5 Å². The van der Waals surface area contributed by atoms with Gasteiger partial charge in [0, 0.05) is 0 Å². The second-order valence-corrected chi connectivity index (χ2v) is 5.84. The molecular formula is C9H22N2O2S2+2. The van der Waals surface area contributed by atoms with E-state index in [1.54, 1.807) is 28.5 Å². The number of carbonyl (C=O) groups excluding carboxylic acids is 1. The maximum atomic E-state index is 11.2. The molecule has 0 aliphatic heterocycles. The van der Waals surface area contributed by atoms with Crippen LogP contribution in [0.25, 0.3) is 0 Å². The highest BCUT2D eigenvalue weighted by molar-refractivity contribution is 8.76. The molecule has 2 atom stereocenters. The molecule has 0 spiro atoms. The Morgan fingerprint density at radius 3 is 2.40 bits per heavy atom. The van der Waals surface area contributed by atoms with E-state index in [1.807, 2.05) is 0 Å². The first-order chi connectivity index (χ1) is 7.11. The predicted octanol–water partition coefficient (Wildman–Crippen LogP) is -0.438. The lowest BCUT2D eigenvalue weighted by Crippen LogP contribution is -2.66. The van der Waals surface area contributed by atoms with Crippen LogP contribution in [-0.4, -0.2) is 36.2 Å². The number of quaternary nitrogens is 2. The number of ether oxygens (including phenoxy) is 1. The van der Waals surface area contributed by atoms with Crippen LogP contribution in [0.2, 0.25) is 0 Å². The van der Waals surface area contributed by atoms with Gasteiger partial charge in [-0.2, -0.15) is 0 Å². The molecule has 6 heteroatoms. The van der Waals surface area contributed by atoms with Crippen LogP contribution in [0.3, 0.4) is 0 Å². The Labute approximate surface area is 99.3 Å². The fourth-order valence-electron chi connectivity index (χ4n) is 0.721. The fourth-order valence-corrected chi connectivity index (χ4v) is 3.29. The first-order valence-electron chi connectivity index (χ1n) is 5.19. The van der Waals surface area contributed by atoms with E-state index in [9.17, 15) is 4.79 Å². The van der Waals surface area contributed by atoms with E-state index >= 15 is 0 Å². The monoisotopic (exact) mass is 254 g/mol. The van der Waals surface area contributed by atoms with Crippen molar-refractivity contribution in [3.63, 3.8) is 0 Å². The Morgan fingerprint density at radius 2 is 1.87 bits per heavy atom. The molecule has 0 saturated heterocycles. The quantitative estimate of drug-likeness (QED) is 0.350. The number of carbonyl (C=O) groups is 1. The van der Waals surface area contributed by atoms with Crippen LogP contribution in [0, 0.1) is 0 Å². The van der Waals surface area contributed by atoms with E-state index in [-0.39, 0.29) is 12.0 Å². The highest BCUT2D eigenvalue weighted by Gasteiger charge is 2.18. The summed E-state index contributed by atoms with van der Waals surface area (Å²) in [4.78, 5) is 11.2. The zero-order valence-electron chi connectivity index (χ0n) is 9.53. The molecule has 90 valence electrons. The van der Waals surface area contributed by atoms with Crippen molar-refractivity contribution in [2.24, 2.45) is 0 Å². The molecule has 0 aromatic carbocycles. The molecule has 0 amide bonds. The molecule has 0 aliphatic carbocycles. The molecule has 0 aromatic heterocycles. The summed E-state index contributed by atoms with van der Waals surface area (Å²) in [7, 11) is 3.43. The van der Waals surface area contributed by atoms with Gasteiger partial charge in [0.05, 0.1) is 24.2 Å². The second kappa shape index (κ2) is 9.33. The first-order valence-corrected chi connectivity index (χ1v) is 7.67. The molecule has 0 fully saturated rings. The van der Waals surface area contributed by atoms with E-state index in [4.69, 9.17) is 4.74 Å². The largest absolute Gasteiger partial charge is 0.462 e. The molecule has 15 heavy (non-hydrogen) atoms. The first kappa shape index (κ1) is 15.1. The Bertz CT molecular complexity index is 181. The zero-order chi connectivity index (χ0) is 11.7. The third-order valence-corrected chi connectivity index (χ3v) is 4.48. The van der Waals surface area contributed by atoms with Crippen LogP contribution in [0.4, 0.5) is 0 Å². The fraction of sp³-hybridized carbons (Fsp3) is 0.889. The van der Waals surface area contributed by atoms with Crippen molar-refractivity contribution in [2.75, 3.05) is 18.1 Å². The minimum Gasteiger partial charge on any atom is -0.462 e. The highest BCUT2D eigenvalue weighted by Crippen LogP contribution is 2.22. The Balaban J connectivity index is 3.46. The van der Waals surface area contributed by atoms with Crippen LogP contribution in [0.15, 0.2) is 0 Å². The number of rotatable bonds is 8. The van der Waals surface area contributed by atoms with Crippen LogP contribution < -0.4 is 11.5 Å². The molecule has 0 radical (unpaired) electrons. The van der Waals surface area contributed by atoms with Gasteiger partial charge >= 0.3 is 5.97 Å². The molecular weight excluding hydrogens is 232 g/mol. The normalized spacial score (nSPS) is 14.7. The maximum Gasteiger partial charge on any atom is 0.365 e. The number of esters is 1. The van der Waals surface area contributed by atoms with Crippen LogP contribution in [-0.2, 0) is 9.53 Å². The van der Waals surface area contributed by atoms with Gasteiger partial charge in [0.1, 0.15) is 0 Å². The molecule has 0 saturated carbocycles. The van der Waals surface area contributed by atoms with Gasteiger partial charge in [0.15, 0.2) is 6.04 Å². The Morgan fingerprint density at radius 1 is 1.27 bits per heavy atom. The average molecular weight is 254 g/mol. The maximum absolute atomic E-state index is 11.2. The van der Waals surface area contributed by atoms with Gasteiger partial charge < -0.3 is 16.2 Å². The minimum absolute atomic E-state index is 0.202. The van der Waals surface area contributed by atoms with E-state index in [0.717, 1.165) is 12.2 Å². The summed E-state index contributed by atoms with van der Waals surface area (Å²) in [6, 6.07) is 0.237. The summed E-state index contributed by atoms with van der Waals surface area (Å²) >= 11 is 0. The molecule has 6 N–H and O–H groups in total. The van der Waals surface area contributed by atoms with E-state index < -0.39 is 0 Å². The van der Waals surface area contributed by atoms with Crippen LogP contribution in [0.5, 0.6) is 0 Å². The van der Waals surface area contributed by atoms with Crippen molar-refractivity contribution >= 4 is 27.6 Å². The van der Waals surface area contributed by atoms with E-state index in [1.165, 1.54) is 0 Å². The highest BCUT2D eigenvalue weighted by atomic mass is 33.1. The summed E-state index contributed by atoms with van der Waals surface area (Å²) < 4.78 is 4.87. The van der Waals surface area contributed by atoms with Gasteiger partial charge in [0.25, 0.3) is 0 Å². The summed E-state index contributed by atoms with van der Waals surface area (Å²) in [5.74, 6) is 1.53. The van der Waals surface area contributed by atoms with Crippen molar-refractivity contribution in [1.29, 1.82) is 0 Å². The Kier molecular flexibility index (Phi) is 9.38. The number of hydrogen-bond acceptors (Lipinski definition) is 4. The summed E-state index contributed by atoms with van der Waals surface area (Å²) in [6.07, 6.45) is 1.10. The molecule has 2 unspecified atom stereocenters. The van der Waals surface area contributed by atoms with E-state index in [2.05, 4.69) is 18.4 Å². The number of hydrogen-bond donors (Lipinski definition) is 2. The molecule has 0 aromatic rings. The minimum atomic E-state index is -0.257. The molecule has 0 bridgehead atoms. The van der Waals surface area contributed by atoms with Crippen molar-refractivity contribution in [2.45, 2.75) is 32.4 Å². The summed E-state index contributed by atoms with van der Waals surface area (Å²) in [6.45, 7) is 4.37. The second-order valence-electron chi connectivity index (χ2n) is 3.29. The molecule has 0 rings (SSSR count). The standard InChI is InChI=1S/C9H20N2O2S2/c1-3-7(10)5-14-15-6-8(11)9(12)13-4-2/h7-8H,3-6,10-11H2,1-2H3/p+2. The van der Waals surface area contributed by atoms with Crippen molar-refractivity contribution in [3.8, 4) is 0 Å². The predicted molar refractivity (Wildman–Crippen MR) is 65.2 cm³/mol. The molecule has 0 aliphatic rings. The molecule has 4 nitrogen and oxygen atoms in total. The van der Waals surface area contributed by atoms with Crippen molar-refractivity contribution in [1.82, 2.24) is 0 Å². The van der Waals surface area contributed by atoms with E-state index in [0.29, 0.717) is 18.4 Å². The van der Waals surface area contributed by atoms with Gasteiger partial charge in [-0.25, -0.2) is 4.79 Å². The summed E-state index contributed by atoms with van der Waals surface area (Å²) in [5.41, 5.74) is 7.77. The lowest BCUT2D eigenvalue weighted by atomic mass is 10.3. The lowest BCUT2D eigenvalue weighted by molar-refractivity contribution is -0.412. The molecule has 0 heterocycles. The van der Waals surface area contributed by atoms with Gasteiger partial charge in [-0.05, 0) is 13.3 Å². The summed E-state index contributed by atoms with van der Waals surface area (Å²) in [5, 5.41) is 0. The zero-order valence-corrected chi connectivity index (χ0v) is 11.2. The van der Waals surface area contributed by atoms with Crippen LogP contribution >= 0.6 is 21.6 Å². The Hall–Kier alpha value is 0.0900. The topological polar surface area (TPSA) is 81.6 Å². The van der Waals surface area contributed by atoms with Gasteiger partial charge in [0.2, 0.25) is 0 Å². The van der Waals surface area contributed by atoms with Crippen molar-refractivity contribution < 1.29 is 21.0 Å².